The lowest BCUT2D eigenvalue weighted by Gasteiger charge is -2.04. The Hall–Kier alpha value is -2.18. The number of halogens is 1. The Bertz CT molecular complexity index is 952. The second-order valence-electron chi connectivity index (χ2n) is 4.36. The van der Waals surface area contributed by atoms with Crippen LogP contribution in [0, 0.1) is 0 Å². The Morgan fingerprint density at radius 2 is 1.67 bits per heavy atom. The van der Waals surface area contributed by atoms with Gasteiger partial charge >= 0.3 is 0 Å². The van der Waals surface area contributed by atoms with Crippen molar-refractivity contribution < 1.29 is 0 Å². The fourth-order valence-corrected chi connectivity index (χ4v) is 3.18. The lowest BCUT2D eigenvalue weighted by molar-refractivity contribution is 0.905. The molecule has 0 bridgehead atoms. The molecule has 1 aromatic carbocycles. The van der Waals surface area contributed by atoms with Crippen LogP contribution in [0.2, 0.25) is 5.15 Å². The molecule has 21 heavy (non-hydrogen) atoms. The molecule has 5 nitrogen and oxygen atoms in total. The third-order valence-electron chi connectivity index (χ3n) is 3.08. The summed E-state index contributed by atoms with van der Waals surface area (Å²) in [7, 11) is 0. The van der Waals surface area contributed by atoms with E-state index in [4.69, 9.17) is 11.6 Å². The summed E-state index contributed by atoms with van der Waals surface area (Å²) in [6.07, 6.45) is 1.92. The van der Waals surface area contributed by atoms with E-state index in [9.17, 15) is 0 Å². The monoisotopic (exact) mass is 313 g/mol. The van der Waals surface area contributed by atoms with Gasteiger partial charge in [-0.25, -0.2) is 0 Å². The molecule has 0 aliphatic rings. The van der Waals surface area contributed by atoms with Crippen LogP contribution in [0.4, 0.5) is 0 Å². The molecule has 0 fully saturated rings. The van der Waals surface area contributed by atoms with E-state index in [2.05, 4.69) is 20.4 Å². The minimum atomic E-state index is 0.404. The molecule has 0 radical (unpaired) electrons. The molecule has 102 valence electrons. The lowest BCUT2D eigenvalue weighted by atomic mass is 10.2. The number of hydrogen-bond acceptors (Lipinski definition) is 5. The smallest absolute Gasteiger partial charge is 0.201 e. The zero-order chi connectivity index (χ0) is 14.2. The molecule has 0 atom stereocenters. The van der Waals surface area contributed by atoms with Gasteiger partial charge in [-0.15, -0.1) is 20.4 Å². The van der Waals surface area contributed by atoms with E-state index in [0.29, 0.717) is 5.15 Å². The molecule has 0 amide bonds. The molecule has 0 spiro atoms. The molecule has 3 heterocycles. The molecule has 4 aromatic rings. The summed E-state index contributed by atoms with van der Waals surface area (Å²) >= 11 is 7.51. The number of hydrogen-bond donors (Lipinski definition) is 0. The highest BCUT2D eigenvalue weighted by molar-refractivity contribution is 7.99. The zero-order valence-electron chi connectivity index (χ0n) is 10.6. The second kappa shape index (κ2) is 4.98. The summed E-state index contributed by atoms with van der Waals surface area (Å²) in [6, 6.07) is 13.5. The summed E-state index contributed by atoms with van der Waals surface area (Å²) in [6.45, 7) is 0. The van der Waals surface area contributed by atoms with Gasteiger partial charge < -0.3 is 0 Å². The molecule has 0 aliphatic heterocycles. The number of pyridine rings is 1. The van der Waals surface area contributed by atoms with Gasteiger partial charge in [-0.05, 0) is 23.9 Å². The van der Waals surface area contributed by atoms with Crippen LogP contribution in [0.25, 0.3) is 16.4 Å². The van der Waals surface area contributed by atoms with Crippen LogP contribution in [-0.2, 0) is 0 Å². The van der Waals surface area contributed by atoms with E-state index >= 15 is 0 Å². The van der Waals surface area contributed by atoms with Crippen LogP contribution < -0.4 is 0 Å². The van der Waals surface area contributed by atoms with Crippen LogP contribution >= 0.6 is 23.4 Å². The summed E-state index contributed by atoms with van der Waals surface area (Å²) < 4.78 is 1.91. The topological polar surface area (TPSA) is 56.0 Å². The first kappa shape index (κ1) is 12.6. The van der Waals surface area contributed by atoms with Crippen LogP contribution in [0.3, 0.4) is 0 Å². The molecule has 0 saturated heterocycles. The van der Waals surface area contributed by atoms with Gasteiger partial charge in [-0.2, -0.15) is 0 Å². The molecule has 0 saturated carbocycles. The highest BCUT2D eigenvalue weighted by Crippen LogP contribution is 2.32. The summed E-state index contributed by atoms with van der Waals surface area (Å²) in [5, 5.41) is 20.3. The number of fused-ring (bicyclic) bond motifs is 2. The van der Waals surface area contributed by atoms with Gasteiger partial charge in [0.15, 0.2) is 10.8 Å². The van der Waals surface area contributed by atoms with E-state index in [-0.39, 0.29) is 0 Å². The van der Waals surface area contributed by atoms with Gasteiger partial charge in [0, 0.05) is 17.0 Å². The Morgan fingerprint density at radius 1 is 0.857 bits per heavy atom. The van der Waals surface area contributed by atoms with Gasteiger partial charge in [0.1, 0.15) is 5.03 Å². The van der Waals surface area contributed by atoms with E-state index in [1.54, 1.807) is 0 Å². The third-order valence-corrected chi connectivity index (χ3v) is 4.31. The summed E-state index contributed by atoms with van der Waals surface area (Å²) in [5.74, 6) is 0. The second-order valence-corrected chi connectivity index (χ2v) is 5.67. The van der Waals surface area contributed by atoms with Crippen molar-refractivity contribution in [3.8, 4) is 0 Å². The largest absolute Gasteiger partial charge is 0.277 e. The van der Waals surface area contributed by atoms with Gasteiger partial charge in [0.2, 0.25) is 5.16 Å². The van der Waals surface area contributed by atoms with Crippen molar-refractivity contribution in [1.29, 1.82) is 0 Å². The molecular weight excluding hydrogens is 306 g/mol. The molecule has 0 unspecified atom stereocenters. The average molecular weight is 314 g/mol. The van der Waals surface area contributed by atoms with Crippen molar-refractivity contribution in [2.24, 2.45) is 0 Å². The van der Waals surface area contributed by atoms with Gasteiger partial charge in [-0.1, -0.05) is 41.9 Å². The van der Waals surface area contributed by atoms with Crippen molar-refractivity contribution in [1.82, 2.24) is 24.8 Å². The minimum absolute atomic E-state index is 0.404. The first-order chi connectivity index (χ1) is 10.3. The quantitative estimate of drug-likeness (QED) is 0.567. The van der Waals surface area contributed by atoms with Crippen molar-refractivity contribution >= 4 is 39.8 Å². The normalized spacial score (nSPS) is 11.3. The Kier molecular flexibility index (Phi) is 2.98. The number of nitrogens with zero attached hydrogens (tertiary/aromatic N) is 5. The van der Waals surface area contributed by atoms with E-state index in [1.165, 1.54) is 11.8 Å². The van der Waals surface area contributed by atoms with Crippen LogP contribution in [0.15, 0.2) is 58.8 Å². The van der Waals surface area contributed by atoms with E-state index in [1.807, 2.05) is 53.1 Å². The summed E-state index contributed by atoms with van der Waals surface area (Å²) in [5.41, 5.74) is 0.797. The molecule has 7 heteroatoms. The maximum atomic E-state index is 6.09. The highest BCUT2D eigenvalue weighted by atomic mass is 35.5. The SMILES string of the molecule is Clc1nnc(Sc2nnc3ccccn23)c2ccccc12. The van der Waals surface area contributed by atoms with Crippen molar-refractivity contribution in [2.75, 3.05) is 0 Å². The highest BCUT2D eigenvalue weighted by Gasteiger charge is 2.12. The maximum absolute atomic E-state index is 6.09. The van der Waals surface area contributed by atoms with Crippen molar-refractivity contribution in [3.63, 3.8) is 0 Å². The lowest BCUT2D eigenvalue weighted by Crippen LogP contribution is -1.92. The van der Waals surface area contributed by atoms with Gasteiger partial charge in [0.25, 0.3) is 0 Å². The number of rotatable bonds is 2. The maximum Gasteiger partial charge on any atom is 0.201 e. The van der Waals surface area contributed by atoms with Crippen molar-refractivity contribution in [3.05, 3.63) is 53.8 Å². The van der Waals surface area contributed by atoms with Gasteiger partial charge in [0.05, 0.1) is 0 Å². The zero-order valence-corrected chi connectivity index (χ0v) is 12.2. The molecule has 0 N–H and O–H groups in total. The first-order valence-electron chi connectivity index (χ1n) is 6.21. The predicted octanol–water partition coefficient (Wildman–Crippen LogP) is 3.48. The molecular formula is C14H8ClN5S. The van der Waals surface area contributed by atoms with E-state index in [0.717, 1.165) is 26.6 Å². The Balaban J connectivity index is 1.86. The average Bonchev–Trinajstić information content (AvgIpc) is 2.94. The first-order valence-corrected chi connectivity index (χ1v) is 7.41. The number of benzene rings is 1. The summed E-state index contributed by atoms with van der Waals surface area (Å²) in [4.78, 5) is 0. The van der Waals surface area contributed by atoms with Gasteiger partial charge in [-0.3, -0.25) is 4.40 Å². The Morgan fingerprint density at radius 3 is 2.57 bits per heavy atom. The number of aromatic nitrogens is 5. The van der Waals surface area contributed by atoms with Crippen LogP contribution in [0.5, 0.6) is 0 Å². The standard InChI is InChI=1S/C14H8ClN5S/c15-12-9-5-1-2-6-10(9)13(18-17-12)21-14-19-16-11-7-3-4-8-20(11)14/h1-8H. The minimum Gasteiger partial charge on any atom is -0.277 e. The Labute approximate surface area is 129 Å². The molecule has 4 rings (SSSR count). The van der Waals surface area contributed by atoms with Crippen LogP contribution in [-0.4, -0.2) is 24.8 Å². The van der Waals surface area contributed by atoms with Crippen LogP contribution in [0.1, 0.15) is 0 Å². The molecule has 0 aliphatic carbocycles. The fourth-order valence-electron chi connectivity index (χ4n) is 2.10. The van der Waals surface area contributed by atoms with Crippen molar-refractivity contribution in [2.45, 2.75) is 10.2 Å². The third kappa shape index (κ3) is 2.12. The molecule has 3 aromatic heterocycles. The predicted molar refractivity (Wildman–Crippen MR) is 81.7 cm³/mol. The van der Waals surface area contributed by atoms with E-state index < -0.39 is 0 Å². The fraction of sp³-hybridized carbons (Fsp3) is 0.